The van der Waals surface area contributed by atoms with E-state index < -0.39 is 0 Å². The zero-order valence-electron chi connectivity index (χ0n) is 14.1. The van der Waals surface area contributed by atoms with Crippen molar-refractivity contribution in [2.75, 3.05) is 0 Å². The summed E-state index contributed by atoms with van der Waals surface area (Å²) in [6, 6.07) is 16.8. The van der Waals surface area contributed by atoms with Gasteiger partial charge in [-0.3, -0.25) is 0 Å². The van der Waals surface area contributed by atoms with Crippen LogP contribution in [0, 0.1) is 6.92 Å². The zero-order valence-corrected chi connectivity index (χ0v) is 14.1. The second-order valence-electron chi connectivity index (χ2n) is 5.84. The third-order valence-corrected chi connectivity index (χ3v) is 4.24. The first-order valence-corrected chi connectivity index (χ1v) is 8.38. The minimum absolute atomic E-state index is 0.751. The maximum atomic E-state index is 6.09. The van der Waals surface area contributed by atoms with Crippen molar-refractivity contribution >= 4 is 0 Å². The Balaban J connectivity index is 2.08. The third kappa shape index (κ3) is 3.07. The molecule has 2 heteroatoms. The van der Waals surface area contributed by atoms with E-state index in [9.17, 15) is 0 Å². The first-order chi connectivity index (χ1) is 11.2. The molecule has 0 spiro atoms. The topological polar surface area (TPSA) is 26.0 Å². The van der Waals surface area contributed by atoms with Crippen molar-refractivity contribution in [1.82, 2.24) is 4.98 Å². The average Bonchev–Trinajstić information content (AvgIpc) is 2.99. The Morgan fingerprint density at radius 2 is 1.65 bits per heavy atom. The second kappa shape index (κ2) is 6.82. The molecule has 0 bridgehead atoms. The van der Waals surface area contributed by atoms with Gasteiger partial charge < -0.3 is 4.42 Å². The fraction of sp³-hybridized carbons (Fsp3) is 0.286. The molecule has 0 amide bonds. The first-order valence-electron chi connectivity index (χ1n) is 8.38. The normalized spacial score (nSPS) is 10.9. The number of benzene rings is 2. The summed E-state index contributed by atoms with van der Waals surface area (Å²) < 4.78 is 6.09. The molecule has 0 radical (unpaired) electrons. The van der Waals surface area contributed by atoms with Crippen LogP contribution in [0.3, 0.4) is 0 Å². The summed E-state index contributed by atoms with van der Waals surface area (Å²) in [6.45, 7) is 6.45. The first kappa shape index (κ1) is 15.5. The molecule has 0 N–H and O–H groups in total. The fourth-order valence-electron chi connectivity index (χ4n) is 2.99. The summed E-state index contributed by atoms with van der Waals surface area (Å²) in [5.41, 5.74) is 5.85. The zero-order chi connectivity index (χ0) is 16.2. The SMILES string of the molecule is CCCc1oc(-c2cccc(-c3ccccc3)c2C)nc1CC. The Hall–Kier alpha value is -2.35. The summed E-state index contributed by atoms with van der Waals surface area (Å²) in [5, 5.41) is 0. The van der Waals surface area contributed by atoms with E-state index in [1.807, 2.05) is 6.07 Å². The number of hydrogen-bond acceptors (Lipinski definition) is 2. The molecule has 0 aliphatic heterocycles. The quantitative estimate of drug-likeness (QED) is 0.592. The number of oxazole rings is 1. The van der Waals surface area contributed by atoms with Crippen LogP contribution in [-0.4, -0.2) is 4.98 Å². The van der Waals surface area contributed by atoms with E-state index in [0.29, 0.717) is 0 Å². The summed E-state index contributed by atoms with van der Waals surface area (Å²) >= 11 is 0. The second-order valence-corrected chi connectivity index (χ2v) is 5.84. The average molecular weight is 305 g/mol. The molecule has 0 fully saturated rings. The van der Waals surface area contributed by atoms with Crippen molar-refractivity contribution in [2.45, 2.75) is 40.0 Å². The van der Waals surface area contributed by atoms with Gasteiger partial charge in [-0.05, 0) is 42.5 Å². The Morgan fingerprint density at radius 3 is 2.35 bits per heavy atom. The number of aryl methyl sites for hydroxylation is 2. The van der Waals surface area contributed by atoms with Crippen molar-refractivity contribution in [1.29, 1.82) is 0 Å². The van der Waals surface area contributed by atoms with E-state index in [2.05, 4.69) is 63.2 Å². The number of nitrogens with zero attached hydrogens (tertiary/aromatic N) is 1. The van der Waals surface area contributed by atoms with Crippen LogP contribution in [-0.2, 0) is 12.8 Å². The van der Waals surface area contributed by atoms with E-state index in [0.717, 1.165) is 42.2 Å². The molecule has 0 saturated carbocycles. The molecule has 3 rings (SSSR count). The Morgan fingerprint density at radius 1 is 0.913 bits per heavy atom. The molecule has 3 aromatic rings. The monoisotopic (exact) mass is 305 g/mol. The molecule has 23 heavy (non-hydrogen) atoms. The van der Waals surface area contributed by atoms with Crippen molar-refractivity contribution in [2.24, 2.45) is 0 Å². The predicted octanol–water partition coefficient (Wildman–Crippen LogP) is 5.83. The maximum Gasteiger partial charge on any atom is 0.226 e. The summed E-state index contributed by atoms with van der Waals surface area (Å²) in [6.07, 6.45) is 2.94. The standard InChI is InChI=1S/C21H23NO/c1-4-10-20-19(5-2)22-21(23-20)18-14-9-13-17(15(18)3)16-11-7-6-8-12-16/h6-9,11-14H,4-5,10H2,1-3H3. The molecule has 0 atom stereocenters. The van der Waals surface area contributed by atoms with Crippen LogP contribution in [0.2, 0.25) is 0 Å². The minimum Gasteiger partial charge on any atom is -0.441 e. The van der Waals surface area contributed by atoms with Gasteiger partial charge in [0.1, 0.15) is 5.76 Å². The highest BCUT2D eigenvalue weighted by Gasteiger charge is 2.16. The van der Waals surface area contributed by atoms with Gasteiger partial charge in [-0.15, -0.1) is 0 Å². The van der Waals surface area contributed by atoms with Gasteiger partial charge in [-0.2, -0.15) is 0 Å². The summed E-state index contributed by atoms with van der Waals surface area (Å²) in [5.74, 6) is 1.79. The number of rotatable bonds is 5. The van der Waals surface area contributed by atoms with Crippen LogP contribution in [0.4, 0.5) is 0 Å². The van der Waals surface area contributed by atoms with Gasteiger partial charge in [0, 0.05) is 12.0 Å². The van der Waals surface area contributed by atoms with Gasteiger partial charge >= 0.3 is 0 Å². The largest absolute Gasteiger partial charge is 0.441 e. The van der Waals surface area contributed by atoms with Crippen molar-refractivity contribution in [3.05, 3.63) is 65.5 Å². The molecule has 1 aromatic heterocycles. The van der Waals surface area contributed by atoms with Gasteiger partial charge in [0.15, 0.2) is 0 Å². The number of hydrogen-bond donors (Lipinski definition) is 0. The van der Waals surface area contributed by atoms with Crippen molar-refractivity contribution < 1.29 is 4.42 Å². The van der Waals surface area contributed by atoms with Crippen molar-refractivity contribution in [3.63, 3.8) is 0 Å². The maximum absolute atomic E-state index is 6.09. The molecule has 0 aliphatic rings. The van der Waals surface area contributed by atoms with Crippen LogP contribution in [0.5, 0.6) is 0 Å². The fourth-order valence-corrected chi connectivity index (χ4v) is 2.99. The lowest BCUT2D eigenvalue weighted by Gasteiger charge is -2.09. The molecule has 0 unspecified atom stereocenters. The van der Waals surface area contributed by atoms with Crippen LogP contribution in [0.15, 0.2) is 52.9 Å². The van der Waals surface area contributed by atoms with Gasteiger partial charge in [0.05, 0.1) is 5.69 Å². The Kier molecular flexibility index (Phi) is 4.61. The van der Waals surface area contributed by atoms with E-state index >= 15 is 0 Å². The molecule has 118 valence electrons. The van der Waals surface area contributed by atoms with E-state index in [-0.39, 0.29) is 0 Å². The Labute approximate surface area is 138 Å². The Bertz CT molecular complexity index is 787. The molecule has 2 nitrogen and oxygen atoms in total. The smallest absolute Gasteiger partial charge is 0.226 e. The minimum atomic E-state index is 0.751. The van der Waals surface area contributed by atoms with E-state index in [1.165, 1.54) is 16.7 Å². The third-order valence-electron chi connectivity index (χ3n) is 4.24. The van der Waals surface area contributed by atoms with Gasteiger partial charge in [0.25, 0.3) is 0 Å². The van der Waals surface area contributed by atoms with E-state index in [1.54, 1.807) is 0 Å². The van der Waals surface area contributed by atoms with Crippen molar-refractivity contribution in [3.8, 4) is 22.6 Å². The predicted molar refractivity (Wildman–Crippen MR) is 95.5 cm³/mol. The van der Waals surface area contributed by atoms with Crippen LogP contribution in [0.1, 0.15) is 37.3 Å². The summed E-state index contributed by atoms with van der Waals surface area (Å²) in [4.78, 5) is 4.75. The summed E-state index contributed by atoms with van der Waals surface area (Å²) in [7, 11) is 0. The lowest BCUT2D eigenvalue weighted by molar-refractivity contribution is 0.511. The molecule has 2 aromatic carbocycles. The van der Waals surface area contributed by atoms with Gasteiger partial charge in [-0.1, -0.05) is 56.3 Å². The highest BCUT2D eigenvalue weighted by molar-refractivity contribution is 5.75. The highest BCUT2D eigenvalue weighted by atomic mass is 16.4. The lowest BCUT2D eigenvalue weighted by Crippen LogP contribution is -1.89. The van der Waals surface area contributed by atoms with E-state index in [4.69, 9.17) is 9.40 Å². The van der Waals surface area contributed by atoms with Crippen LogP contribution in [0.25, 0.3) is 22.6 Å². The lowest BCUT2D eigenvalue weighted by atomic mass is 9.96. The van der Waals surface area contributed by atoms with Gasteiger partial charge in [-0.25, -0.2) is 4.98 Å². The number of aromatic nitrogens is 1. The molecule has 1 heterocycles. The molecular weight excluding hydrogens is 282 g/mol. The molecule has 0 saturated heterocycles. The van der Waals surface area contributed by atoms with Crippen LogP contribution >= 0.6 is 0 Å². The highest BCUT2D eigenvalue weighted by Crippen LogP contribution is 2.32. The molecule has 0 aliphatic carbocycles. The van der Waals surface area contributed by atoms with Crippen LogP contribution < -0.4 is 0 Å². The van der Waals surface area contributed by atoms with Gasteiger partial charge in [0.2, 0.25) is 5.89 Å². The molecular formula is C21H23NO.